The number of hydrogen-bond acceptors (Lipinski definition) is 8. The molecule has 158 valence electrons. The summed E-state index contributed by atoms with van der Waals surface area (Å²) < 4.78 is 10.3. The fraction of sp³-hybridized carbons (Fsp3) is 0.500. The molecule has 1 amide bonds. The second kappa shape index (κ2) is 9.90. The molecule has 1 fully saturated rings. The van der Waals surface area contributed by atoms with Crippen molar-refractivity contribution in [1.82, 2.24) is 5.32 Å². The highest BCUT2D eigenvalue weighted by Crippen LogP contribution is 2.30. The zero-order valence-corrected chi connectivity index (χ0v) is 16.6. The molecule has 0 spiro atoms. The van der Waals surface area contributed by atoms with Gasteiger partial charge in [-0.3, -0.25) is 0 Å². The van der Waals surface area contributed by atoms with Gasteiger partial charge in [0.1, 0.15) is 18.2 Å². The zero-order chi connectivity index (χ0) is 21.4. The number of hydrogen-bond donors (Lipinski definition) is 1. The van der Waals surface area contributed by atoms with Gasteiger partial charge in [-0.2, -0.15) is 0 Å². The third-order valence-corrected chi connectivity index (χ3v) is 3.70. The highest BCUT2D eigenvalue weighted by molar-refractivity contribution is 5.86. The molecular weight excluding hydrogens is 382 g/mol. The Balaban J connectivity index is 1.93. The van der Waals surface area contributed by atoms with Crippen molar-refractivity contribution in [2.45, 2.75) is 58.3 Å². The van der Waals surface area contributed by atoms with Gasteiger partial charge in [0.25, 0.3) is 0 Å². The smallest absolute Gasteiger partial charge is 0.408 e. The Kier molecular flexibility index (Phi) is 7.58. The van der Waals surface area contributed by atoms with Crippen molar-refractivity contribution in [3.63, 3.8) is 0 Å². The van der Waals surface area contributed by atoms with Crippen molar-refractivity contribution in [3.8, 4) is 0 Å². The average Bonchev–Trinajstić information content (AvgIpc) is 3.48. The van der Waals surface area contributed by atoms with Gasteiger partial charge in [0.05, 0.1) is 12.3 Å². The van der Waals surface area contributed by atoms with Crippen LogP contribution in [0.5, 0.6) is 0 Å². The Labute approximate surface area is 168 Å². The Bertz CT molecular complexity index is 737. The van der Waals surface area contributed by atoms with E-state index in [2.05, 4.69) is 15.1 Å². The Hall–Kier alpha value is -3.10. The number of nitrogens with one attached hydrogen (secondary N) is 1. The lowest BCUT2D eigenvalue weighted by molar-refractivity contribution is -0.260. The summed E-state index contributed by atoms with van der Waals surface area (Å²) in [6, 6.07) is 7.53. The molecule has 0 aromatic heterocycles. The normalized spacial score (nSPS) is 14.3. The number of carbonyl (C=O) groups excluding carboxylic acids is 4. The molecule has 29 heavy (non-hydrogen) atoms. The van der Waals surface area contributed by atoms with E-state index in [1.807, 2.05) is 6.07 Å². The van der Waals surface area contributed by atoms with E-state index < -0.39 is 42.1 Å². The number of ether oxygens (including phenoxy) is 2. The molecule has 0 saturated heterocycles. The highest BCUT2D eigenvalue weighted by atomic mass is 17.2. The topological polar surface area (TPSA) is 117 Å². The van der Waals surface area contributed by atoms with Crippen LogP contribution in [0.4, 0.5) is 4.79 Å². The van der Waals surface area contributed by atoms with Crippen LogP contribution in [0.2, 0.25) is 0 Å². The van der Waals surface area contributed by atoms with E-state index in [4.69, 9.17) is 9.47 Å². The number of benzene rings is 1. The third-order valence-electron chi connectivity index (χ3n) is 3.70. The minimum absolute atomic E-state index is 0.0438. The van der Waals surface area contributed by atoms with Gasteiger partial charge >= 0.3 is 24.0 Å². The number of esters is 1. The lowest BCUT2D eigenvalue weighted by Crippen LogP contribution is -2.45. The van der Waals surface area contributed by atoms with Gasteiger partial charge < -0.3 is 14.8 Å². The number of alkyl carbamates (subject to hydrolysis) is 1. The minimum atomic E-state index is -1.37. The summed E-state index contributed by atoms with van der Waals surface area (Å²) >= 11 is 0. The molecular formula is C20H25NO8. The molecule has 1 aliphatic carbocycles. The van der Waals surface area contributed by atoms with E-state index >= 15 is 0 Å². The summed E-state index contributed by atoms with van der Waals surface area (Å²) in [5.41, 5.74) is -0.0686. The second-order valence-corrected chi connectivity index (χ2v) is 7.63. The zero-order valence-electron chi connectivity index (χ0n) is 16.6. The predicted molar refractivity (Wildman–Crippen MR) is 98.9 cm³/mol. The van der Waals surface area contributed by atoms with Gasteiger partial charge in [-0.05, 0) is 39.2 Å². The van der Waals surface area contributed by atoms with Crippen molar-refractivity contribution in [3.05, 3.63) is 35.9 Å². The molecule has 0 heterocycles. The van der Waals surface area contributed by atoms with E-state index in [0.29, 0.717) is 12.8 Å². The van der Waals surface area contributed by atoms with Crippen molar-refractivity contribution in [2.75, 3.05) is 0 Å². The molecule has 1 atom stereocenters. The van der Waals surface area contributed by atoms with E-state index in [1.165, 1.54) is 0 Å². The van der Waals surface area contributed by atoms with Crippen LogP contribution in [0, 0.1) is 5.92 Å². The van der Waals surface area contributed by atoms with Gasteiger partial charge in [0.15, 0.2) is 0 Å². The van der Waals surface area contributed by atoms with Crippen molar-refractivity contribution >= 4 is 24.0 Å². The number of rotatable bonds is 7. The molecule has 0 bridgehead atoms. The van der Waals surface area contributed by atoms with Crippen LogP contribution in [-0.2, 0) is 40.2 Å². The summed E-state index contributed by atoms with van der Waals surface area (Å²) in [5.74, 6) is -2.75. The molecule has 0 radical (unpaired) electrons. The first-order valence-electron chi connectivity index (χ1n) is 9.25. The predicted octanol–water partition coefficient (Wildman–Crippen LogP) is 2.42. The van der Waals surface area contributed by atoms with Crippen molar-refractivity contribution in [2.24, 2.45) is 5.92 Å². The van der Waals surface area contributed by atoms with Crippen LogP contribution in [0.1, 0.15) is 45.6 Å². The molecule has 1 saturated carbocycles. The average molecular weight is 407 g/mol. The first kappa shape index (κ1) is 22.2. The number of carbonyl (C=O) groups is 4. The Morgan fingerprint density at radius 1 is 1.07 bits per heavy atom. The molecule has 1 N–H and O–H groups in total. The summed E-state index contributed by atoms with van der Waals surface area (Å²) in [7, 11) is 0. The lowest BCUT2D eigenvalue weighted by Gasteiger charge is -2.22. The molecule has 9 heteroatoms. The summed E-state index contributed by atoms with van der Waals surface area (Å²) in [6.45, 7) is 4.92. The van der Waals surface area contributed by atoms with Crippen LogP contribution in [-0.4, -0.2) is 35.6 Å². The van der Waals surface area contributed by atoms with Gasteiger partial charge in [-0.1, -0.05) is 30.3 Å². The van der Waals surface area contributed by atoms with E-state index in [0.717, 1.165) is 5.56 Å². The van der Waals surface area contributed by atoms with Crippen LogP contribution < -0.4 is 5.32 Å². The summed E-state index contributed by atoms with van der Waals surface area (Å²) in [6.07, 6.45) is -0.122. The molecule has 9 nitrogen and oxygen atoms in total. The Morgan fingerprint density at radius 3 is 2.31 bits per heavy atom. The van der Waals surface area contributed by atoms with E-state index in [-0.39, 0.29) is 12.5 Å². The molecule has 1 aliphatic rings. The van der Waals surface area contributed by atoms with Gasteiger partial charge in [-0.25, -0.2) is 29.0 Å². The second-order valence-electron chi connectivity index (χ2n) is 7.63. The monoisotopic (exact) mass is 407 g/mol. The largest absolute Gasteiger partial charge is 0.459 e. The fourth-order valence-electron chi connectivity index (χ4n) is 2.15. The molecule has 2 rings (SSSR count). The standard InChI is InChI=1S/C20H25NO8/c1-20(2,3)27-19(25)21-15(11-16(22)28-29-17(23)14-9-10-14)18(24)26-12-13-7-5-4-6-8-13/h4-8,14-15H,9-12H2,1-3H3,(H,21,25)/t15-/m0/s1. The quantitative estimate of drug-likeness (QED) is 0.416. The first-order valence-corrected chi connectivity index (χ1v) is 9.25. The first-order chi connectivity index (χ1) is 13.6. The third kappa shape index (κ3) is 8.63. The van der Waals surface area contributed by atoms with Crippen LogP contribution in [0.15, 0.2) is 30.3 Å². The van der Waals surface area contributed by atoms with Crippen molar-refractivity contribution in [1.29, 1.82) is 0 Å². The fourth-order valence-corrected chi connectivity index (χ4v) is 2.15. The SMILES string of the molecule is CC(C)(C)OC(=O)N[C@@H](CC(=O)OOC(=O)C1CC1)C(=O)OCc1ccccc1. The molecule has 1 aromatic rings. The lowest BCUT2D eigenvalue weighted by atomic mass is 10.2. The maximum absolute atomic E-state index is 12.4. The van der Waals surface area contributed by atoms with Crippen molar-refractivity contribution < 1.29 is 38.4 Å². The molecule has 1 aromatic carbocycles. The molecule has 0 unspecified atom stereocenters. The van der Waals surface area contributed by atoms with Crippen LogP contribution in [0.25, 0.3) is 0 Å². The van der Waals surface area contributed by atoms with E-state index in [1.54, 1.807) is 45.0 Å². The molecule has 0 aliphatic heterocycles. The summed E-state index contributed by atoms with van der Waals surface area (Å²) in [4.78, 5) is 56.7. The van der Waals surface area contributed by atoms with Crippen LogP contribution in [0.3, 0.4) is 0 Å². The summed E-state index contributed by atoms with van der Waals surface area (Å²) in [5, 5.41) is 2.29. The van der Waals surface area contributed by atoms with Crippen LogP contribution >= 0.6 is 0 Å². The highest BCUT2D eigenvalue weighted by Gasteiger charge is 2.34. The Morgan fingerprint density at radius 2 is 1.72 bits per heavy atom. The van der Waals surface area contributed by atoms with Gasteiger partial charge in [0.2, 0.25) is 0 Å². The number of amides is 1. The maximum Gasteiger partial charge on any atom is 0.408 e. The van der Waals surface area contributed by atoms with E-state index in [9.17, 15) is 19.2 Å². The van der Waals surface area contributed by atoms with Gasteiger partial charge in [-0.15, -0.1) is 0 Å². The van der Waals surface area contributed by atoms with Gasteiger partial charge in [0, 0.05) is 0 Å². The minimum Gasteiger partial charge on any atom is -0.459 e. The maximum atomic E-state index is 12.4.